The van der Waals surface area contributed by atoms with Crippen molar-refractivity contribution in [3.8, 4) is 11.5 Å². The summed E-state index contributed by atoms with van der Waals surface area (Å²) in [6.45, 7) is 0.277. The van der Waals surface area contributed by atoms with Gasteiger partial charge in [0.1, 0.15) is 23.6 Å². The van der Waals surface area contributed by atoms with Crippen molar-refractivity contribution in [3.05, 3.63) is 59.2 Å². The number of aryl methyl sites for hydroxylation is 1. The van der Waals surface area contributed by atoms with E-state index in [9.17, 15) is 14.4 Å². The average molecular weight is 464 g/mol. The highest BCUT2D eigenvalue weighted by molar-refractivity contribution is 6.09. The number of ether oxygens (including phenoxy) is 2. The predicted octanol–water partition coefficient (Wildman–Crippen LogP) is 3.15. The van der Waals surface area contributed by atoms with Crippen LogP contribution in [0.5, 0.6) is 11.5 Å². The van der Waals surface area contributed by atoms with Crippen LogP contribution in [0.4, 0.5) is 4.79 Å². The summed E-state index contributed by atoms with van der Waals surface area (Å²) in [7, 11) is 3.20. The quantitative estimate of drug-likeness (QED) is 0.689. The van der Waals surface area contributed by atoms with Crippen LogP contribution in [-0.2, 0) is 21.5 Å². The molecule has 8 heteroatoms. The summed E-state index contributed by atoms with van der Waals surface area (Å²) in [5, 5.41) is 2.93. The maximum atomic E-state index is 13.6. The van der Waals surface area contributed by atoms with E-state index in [-0.39, 0.29) is 24.4 Å². The minimum absolute atomic E-state index is 0.206. The predicted molar refractivity (Wildman–Crippen MR) is 125 cm³/mol. The molecule has 0 unspecified atom stereocenters. The molecular weight excluding hydrogens is 434 g/mol. The van der Waals surface area contributed by atoms with Gasteiger partial charge in [-0.25, -0.2) is 4.79 Å². The molecule has 2 saturated heterocycles. The number of nitrogens with one attached hydrogen (secondary N) is 1. The third kappa shape index (κ3) is 3.48. The van der Waals surface area contributed by atoms with Crippen molar-refractivity contribution < 1.29 is 23.9 Å². The summed E-state index contributed by atoms with van der Waals surface area (Å²) >= 11 is 0. The van der Waals surface area contributed by atoms with Crippen LogP contribution in [0.3, 0.4) is 0 Å². The molecule has 2 aromatic rings. The van der Waals surface area contributed by atoms with Crippen molar-refractivity contribution in [2.45, 2.75) is 43.7 Å². The standard InChI is InChI=1S/C26H29N3O5/c1-33-18-11-12-22(34-2)19(15-18)21-10-6-14-28(21)23(30)16-29-24(31)26(27-25(29)32)13-5-8-17-7-3-4-9-20(17)26/h3-4,7,9,11-12,15,21H,5-6,8,10,13-14,16H2,1-2H3,(H,27,32)/t21-,26-/m0/s1. The molecule has 0 aromatic heterocycles. The number of methoxy groups -OCH3 is 2. The maximum absolute atomic E-state index is 13.6. The average Bonchev–Trinajstić information content (AvgIpc) is 3.44. The van der Waals surface area contributed by atoms with E-state index in [1.807, 2.05) is 42.5 Å². The number of likely N-dealkylation sites (tertiary alicyclic amines) is 1. The van der Waals surface area contributed by atoms with E-state index in [0.717, 1.165) is 47.3 Å². The van der Waals surface area contributed by atoms with Crippen LogP contribution < -0.4 is 14.8 Å². The summed E-state index contributed by atoms with van der Waals surface area (Å²) in [6.07, 6.45) is 3.81. The first kappa shape index (κ1) is 22.3. The van der Waals surface area contributed by atoms with Gasteiger partial charge in [0, 0.05) is 12.1 Å². The van der Waals surface area contributed by atoms with Gasteiger partial charge in [0.15, 0.2) is 0 Å². The highest BCUT2D eigenvalue weighted by Gasteiger charge is 2.54. The second-order valence-corrected chi connectivity index (χ2v) is 9.09. The van der Waals surface area contributed by atoms with Crippen molar-refractivity contribution in [3.63, 3.8) is 0 Å². The Bertz CT molecular complexity index is 1150. The smallest absolute Gasteiger partial charge is 0.325 e. The van der Waals surface area contributed by atoms with E-state index in [0.29, 0.717) is 24.5 Å². The van der Waals surface area contributed by atoms with Gasteiger partial charge in [-0.05, 0) is 61.4 Å². The minimum atomic E-state index is -1.08. The van der Waals surface area contributed by atoms with Crippen molar-refractivity contribution in [2.24, 2.45) is 0 Å². The SMILES string of the molecule is COc1ccc(OC)c([C@@H]2CCCN2C(=O)CN2C(=O)N[C@]3(CCCc4ccccc43)C2=O)c1. The normalized spacial score (nSPS) is 23.8. The molecule has 1 N–H and O–H groups in total. The molecule has 2 atom stereocenters. The molecule has 34 heavy (non-hydrogen) atoms. The van der Waals surface area contributed by atoms with Gasteiger partial charge in [0.2, 0.25) is 5.91 Å². The zero-order valence-corrected chi connectivity index (χ0v) is 19.5. The number of nitrogens with zero attached hydrogens (tertiary/aromatic N) is 2. The Kier molecular flexibility index (Phi) is 5.67. The molecule has 0 radical (unpaired) electrons. The van der Waals surface area contributed by atoms with Crippen LogP contribution in [-0.4, -0.2) is 55.0 Å². The van der Waals surface area contributed by atoms with E-state index in [1.54, 1.807) is 19.1 Å². The number of rotatable bonds is 5. The van der Waals surface area contributed by atoms with Crippen molar-refractivity contribution in [1.29, 1.82) is 0 Å². The number of carbonyl (C=O) groups is 3. The molecular formula is C26H29N3O5. The molecule has 2 aromatic carbocycles. The molecule has 2 aliphatic heterocycles. The Labute approximate surface area is 198 Å². The summed E-state index contributed by atoms with van der Waals surface area (Å²) in [4.78, 5) is 42.8. The molecule has 0 bridgehead atoms. The molecule has 3 aliphatic rings. The largest absolute Gasteiger partial charge is 0.497 e. The van der Waals surface area contributed by atoms with E-state index in [1.165, 1.54) is 0 Å². The Balaban J connectivity index is 1.39. The zero-order chi connectivity index (χ0) is 23.9. The summed E-state index contributed by atoms with van der Waals surface area (Å²) in [5.74, 6) is 0.769. The highest BCUT2D eigenvalue weighted by Crippen LogP contribution is 2.41. The minimum Gasteiger partial charge on any atom is -0.497 e. The van der Waals surface area contributed by atoms with Gasteiger partial charge >= 0.3 is 6.03 Å². The van der Waals surface area contributed by atoms with Gasteiger partial charge < -0.3 is 19.7 Å². The first-order valence-corrected chi connectivity index (χ1v) is 11.7. The van der Waals surface area contributed by atoms with Crippen molar-refractivity contribution in [2.75, 3.05) is 27.3 Å². The summed E-state index contributed by atoms with van der Waals surface area (Å²) < 4.78 is 10.9. The van der Waals surface area contributed by atoms with Crippen LogP contribution in [0, 0.1) is 0 Å². The van der Waals surface area contributed by atoms with Crippen LogP contribution in [0.15, 0.2) is 42.5 Å². The Morgan fingerprint density at radius 3 is 2.74 bits per heavy atom. The number of hydrogen-bond donors (Lipinski definition) is 1. The Hall–Kier alpha value is -3.55. The lowest BCUT2D eigenvalue weighted by Crippen LogP contribution is -2.47. The van der Waals surface area contributed by atoms with Gasteiger partial charge in [-0.3, -0.25) is 14.5 Å². The zero-order valence-electron chi connectivity index (χ0n) is 19.5. The number of fused-ring (bicyclic) bond motifs is 2. The number of imide groups is 1. The highest BCUT2D eigenvalue weighted by atomic mass is 16.5. The third-order valence-electron chi connectivity index (χ3n) is 7.31. The van der Waals surface area contributed by atoms with Crippen LogP contribution >= 0.6 is 0 Å². The fraction of sp³-hybridized carbons (Fsp3) is 0.423. The first-order chi connectivity index (χ1) is 16.5. The lowest BCUT2D eigenvalue weighted by atomic mass is 9.76. The van der Waals surface area contributed by atoms with Gasteiger partial charge in [0.05, 0.1) is 20.3 Å². The van der Waals surface area contributed by atoms with Crippen molar-refractivity contribution in [1.82, 2.24) is 15.1 Å². The van der Waals surface area contributed by atoms with Crippen LogP contribution in [0.2, 0.25) is 0 Å². The van der Waals surface area contributed by atoms with E-state index >= 15 is 0 Å². The molecule has 1 aliphatic carbocycles. The van der Waals surface area contributed by atoms with Crippen LogP contribution in [0.25, 0.3) is 0 Å². The molecule has 8 nitrogen and oxygen atoms in total. The Morgan fingerprint density at radius 2 is 1.94 bits per heavy atom. The second-order valence-electron chi connectivity index (χ2n) is 9.09. The lowest BCUT2D eigenvalue weighted by Gasteiger charge is -2.33. The number of urea groups is 1. The summed E-state index contributed by atoms with van der Waals surface area (Å²) in [5.41, 5.74) is 1.70. The molecule has 0 saturated carbocycles. The fourth-order valence-corrected chi connectivity index (χ4v) is 5.67. The molecule has 2 fully saturated rings. The summed E-state index contributed by atoms with van der Waals surface area (Å²) in [6, 6.07) is 12.6. The van der Waals surface area contributed by atoms with E-state index in [2.05, 4.69) is 5.32 Å². The van der Waals surface area contributed by atoms with Gasteiger partial charge in [-0.15, -0.1) is 0 Å². The second kappa shape index (κ2) is 8.66. The van der Waals surface area contributed by atoms with Crippen molar-refractivity contribution >= 4 is 17.8 Å². The third-order valence-corrected chi connectivity index (χ3v) is 7.31. The number of carbonyl (C=O) groups excluding carboxylic acids is 3. The topological polar surface area (TPSA) is 88.2 Å². The van der Waals surface area contributed by atoms with Gasteiger partial charge in [-0.1, -0.05) is 24.3 Å². The number of benzene rings is 2. The Morgan fingerprint density at radius 1 is 1.12 bits per heavy atom. The monoisotopic (exact) mass is 463 g/mol. The number of hydrogen-bond acceptors (Lipinski definition) is 5. The number of amides is 4. The fourth-order valence-electron chi connectivity index (χ4n) is 5.67. The van der Waals surface area contributed by atoms with Crippen LogP contribution in [0.1, 0.15) is 48.4 Å². The lowest BCUT2D eigenvalue weighted by molar-refractivity contribution is -0.140. The first-order valence-electron chi connectivity index (χ1n) is 11.7. The van der Waals surface area contributed by atoms with E-state index in [4.69, 9.17) is 9.47 Å². The maximum Gasteiger partial charge on any atom is 0.325 e. The molecule has 4 amide bonds. The van der Waals surface area contributed by atoms with Gasteiger partial charge in [0.25, 0.3) is 5.91 Å². The molecule has 1 spiro atoms. The van der Waals surface area contributed by atoms with Gasteiger partial charge in [-0.2, -0.15) is 0 Å². The molecule has 5 rings (SSSR count). The molecule has 178 valence electrons. The molecule has 2 heterocycles. The van der Waals surface area contributed by atoms with E-state index < -0.39 is 11.6 Å².